The number of hydrogen-bond donors (Lipinski definition) is 0. The molecule has 126 valence electrons. The molecule has 0 bridgehead atoms. The molecule has 0 saturated carbocycles. The van der Waals surface area contributed by atoms with E-state index in [1.54, 1.807) is 0 Å². The van der Waals surface area contributed by atoms with Crippen molar-refractivity contribution in [2.45, 2.75) is 39.8 Å². The number of fused-ring (bicyclic) bond motifs is 1. The summed E-state index contributed by atoms with van der Waals surface area (Å²) in [5, 5.41) is 4.52. The molecule has 1 aliphatic heterocycles. The first kappa shape index (κ1) is 15.3. The molecule has 0 aliphatic carbocycles. The summed E-state index contributed by atoms with van der Waals surface area (Å²) in [7, 11) is 0. The normalized spacial score (nSPS) is 19.2. The Bertz CT molecular complexity index is 820. The molecule has 6 nitrogen and oxygen atoms in total. The van der Waals surface area contributed by atoms with Crippen molar-refractivity contribution in [1.29, 1.82) is 0 Å². The van der Waals surface area contributed by atoms with E-state index < -0.39 is 0 Å². The van der Waals surface area contributed by atoms with Crippen LogP contribution in [0.15, 0.2) is 31.0 Å². The molecule has 0 aromatic carbocycles. The zero-order valence-corrected chi connectivity index (χ0v) is 14.4. The minimum atomic E-state index is 0.686. The average molecular weight is 324 g/mol. The molecular weight excluding hydrogens is 300 g/mol. The average Bonchev–Trinajstić information content (AvgIpc) is 3.18. The number of likely N-dealkylation sites (tertiary alicyclic amines) is 1. The predicted molar refractivity (Wildman–Crippen MR) is 92.7 cm³/mol. The van der Waals surface area contributed by atoms with E-state index in [1.807, 2.05) is 30.2 Å². The zero-order chi connectivity index (χ0) is 16.5. The Balaban J connectivity index is 1.49. The van der Waals surface area contributed by atoms with Gasteiger partial charge in [0.25, 0.3) is 0 Å². The molecule has 4 rings (SSSR count). The van der Waals surface area contributed by atoms with E-state index in [1.165, 1.54) is 18.4 Å². The van der Waals surface area contributed by atoms with Crippen LogP contribution in [0, 0.1) is 19.8 Å². The van der Waals surface area contributed by atoms with E-state index >= 15 is 0 Å². The Kier molecular flexibility index (Phi) is 4.06. The van der Waals surface area contributed by atoms with Crippen molar-refractivity contribution in [3.8, 4) is 0 Å². The van der Waals surface area contributed by atoms with E-state index in [0.717, 1.165) is 43.2 Å². The first-order valence-electron chi connectivity index (χ1n) is 8.68. The lowest BCUT2D eigenvalue weighted by molar-refractivity contribution is 0.156. The topological polar surface area (TPSA) is 51.2 Å². The van der Waals surface area contributed by atoms with Crippen LogP contribution in [0.1, 0.15) is 29.8 Å². The van der Waals surface area contributed by atoms with Crippen molar-refractivity contribution in [2.75, 3.05) is 13.1 Å². The van der Waals surface area contributed by atoms with Gasteiger partial charge in [-0.15, -0.1) is 0 Å². The summed E-state index contributed by atoms with van der Waals surface area (Å²) in [5.74, 6) is 0.686. The van der Waals surface area contributed by atoms with Gasteiger partial charge in [-0.1, -0.05) is 0 Å². The summed E-state index contributed by atoms with van der Waals surface area (Å²) in [6.07, 6.45) is 10.4. The van der Waals surface area contributed by atoms with Crippen molar-refractivity contribution >= 4 is 5.65 Å². The molecule has 0 radical (unpaired) electrons. The second-order valence-electron chi connectivity index (χ2n) is 6.95. The van der Waals surface area contributed by atoms with E-state index in [9.17, 15) is 0 Å². The molecule has 0 amide bonds. The Hall–Kier alpha value is -2.21. The summed E-state index contributed by atoms with van der Waals surface area (Å²) in [6, 6.07) is 2.08. The van der Waals surface area contributed by atoms with Crippen molar-refractivity contribution in [3.05, 3.63) is 47.9 Å². The van der Waals surface area contributed by atoms with Gasteiger partial charge in [0, 0.05) is 49.0 Å². The minimum Gasteiger partial charge on any atom is -0.337 e. The molecule has 4 heterocycles. The fourth-order valence-electron chi connectivity index (χ4n) is 3.81. The van der Waals surface area contributed by atoms with Crippen LogP contribution < -0.4 is 0 Å². The van der Waals surface area contributed by atoms with Crippen LogP contribution in [0.4, 0.5) is 0 Å². The highest BCUT2D eigenvalue weighted by Gasteiger charge is 2.21. The third-order valence-electron chi connectivity index (χ3n) is 4.88. The maximum atomic E-state index is 4.70. The Morgan fingerprint density at radius 1 is 1.29 bits per heavy atom. The number of rotatable bonds is 4. The van der Waals surface area contributed by atoms with Crippen LogP contribution in [0.5, 0.6) is 0 Å². The Morgan fingerprint density at radius 3 is 3.04 bits per heavy atom. The molecule has 0 spiro atoms. The zero-order valence-electron chi connectivity index (χ0n) is 14.4. The van der Waals surface area contributed by atoms with Crippen LogP contribution in [-0.2, 0) is 13.1 Å². The summed E-state index contributed by atoms with van der Waals surface area (Å²) < 4.78 is 4.15. The number of hydrogen-bond acceptors (Lipinski definition) is 4. The lowest BCUT2D eigenvalue weighted by Gasteiger charge is -2.32. The van der Waals surface area contributed by atoms with Crippen LogP contribution in [-0.4, -0.2) is 42.1 Å². The molecule has 1 saturated heterocycles. The van der Waals surface area contributed by atoms with Gasteiger partial charge in [0.1, 0.15) is 0 Å². The van der Waals surface area contributed by atoms with Gasteiger partial charge in [-0.3, -0.25) is 4.90 Å². The SMILES string of the molecule is Cc1cc(C)n2ncc(CN3CCCC(Cn4ccnc4)C3)c2n1. The number of imidazole rings is 1. The molecule has 1 atom stereocenters. The second kappa shape index (κ2) is 6.36. The van der Waals surface area contributed by atoms with Crippen molar-refractivity contribution < 1.29 is 0 Å². The van der Waals surface area contributed by atoms with E-state index in [0.29, 0.717) is 5.92 Å². The van der Waals surface area contributed by atoms with Gasteiger partial charge in [-0.05, 0) is 45.2 Å². The predicted octanol–water partition coefficient (Wildman–Crippen LogP) is 2.45. The van der Waals surface area contributed by atoms with Gasteiger partial charge in [-0.25, -0.2) is 14.5 Å². The Morgan fingerprint density at radius 2 is 2.21 bits per heavy atom. The lowest BCUT2D eigenvalue weighted by atomic mass is 9.97. The third kappa shape index (κ3) is 3.06. The van der Waals surface area contributed by atoms with Crippen molar-refractivity contribution in [3.63, 3.8) is 0 Å². The van der Waals surface area contributed by atoms with Gasteiger partial charge in [-0.2, -0.15) is 5.10 Å². The van der Waals surface area contributed by atoms with Crippen LogP contribution in [0.2, 0.25) is 0 Å². The summed E-state index contributed by atoms with van der Waals surface area (Å²) in [4.78, 5) is 11.4. The maximum absolute atomic E-state index is 4.70. The molecule has 1 fully saturated rings. The molecule has 1 unspecified atom stereocenters. The van der Waals surface area contributed by atoms with Crippen LogP contribution >= 0.6 is 0 Å². The van der Waals surface area contributed by atoms with E-state index in [2.05, 4.69) is 38.7 Å². The van der Waals surface area contributed by atoms with Gasteiger partial charge in [0.2, 0.25) is 0 Å². The van der Waals surface area contributed by atoms with Gasteiger partial charge >= 0.3 is 0 Å². The van der Waals surface area contributed by atoms with Gasteiger partial charge in [0.15, 0.2) is 5.65 Å². The molecule has 24 heavy (non-hydrogen) atoms. The minimum absolute atomic E-state index is 0.686. The molecule has 1 aliphatic rings. The van der Waals surface area contributed by atoms with Gasteiger partial charge in [0.05, 0.1) is 12.5 Å². The second-order valence-corrected chi connectivity index (χ2v) is 6.95. The summed E-state index contributed by atoms with van der Waals surface area (Å²) in [6.45, 7) is 8.40. The monoisotopic (exact) mass is 324 g/mol. The molecule has 3 aromatic rings. The molecule has 3 aromatic heterocycles. The standard InChI is InChI=1S/C18H24N6/c1-14-8-15(2)24-18(21-14)17(9-20-24)12-22-6-3-4-16(10-22)11-23-7-5-19-13-23/h5,7-9,13,16H,3-4,6,10-12H2,1-2H3. The molecular formula is C18H24N6. The maximum Gasteiger partial charge on any atom is 0.159 e. The number of piperidine rings is 1. The quantitative estimate of drug-likeness (QED) is 0.740. The Labute approximate surface area is 142 Å². The largest absolute Gasteiger partial charge is 0.337 e. The molecule has 6 heteroatoms. The first-order valence-corrected chi connectivity index (χ1v) is 8.68. The third-order valence-corrected chi connectivity index (χ3v) is 4.88. The number of aryl methyl sites for hydroxylation is 2. The number of nitrogens with zero attached hydrogens (tertiary/aromatic N) is 6. The highest BCUT2D eigenvalue weighted by atomic mass is 15.3. The smallest absolute Gasteiger partial charge is 0.159 e. The fourth-order valence-corrected chi connectivity index (χ4v) is 3.81. The first-order chi connectivity index (χ1) is 11.7. The van der Waals surface area contributed by atoms with Crippen molar-refractivity contribution in [2.24, 2.45) is 5.92 Å². The van der Waals surface area contributed by atoms with Gasteiger partial charge < -0.3 is 4.57 Å². The number of aromatic nitrogens is 5. The van der Waals surface area contributed by atoms with Crippen LogP contribution in [0.25, 0.3) is 5.65 Å². The van der Waals surface area contributed by atoms with E-state index in [4.69, 9.17) is 4.98 Å². The highest BCUT2D eigenvalue weighted by molar-refractivity contribution is 5.47. The highest BCUT2D eigenvalue weighted by Crippen LogP contribution is 2.21. The van der Waals surface area contributed by atoms with Crippen molar-refractivity contribution in [1.82, 2.24) is 29.0 Å². The lowest BCUT2D eigenvalue weighted by Crippen LogP contribution is -2.36. The fraction of sp³-hybridized carbons (Fsp3) is 0.500. The summed E-state index contributed by atoms with van der Waals surface area (Å²) >= 11 is 0. The van der Waals surface area contributed by atoms with E-state index in [-0.39, 0.29) is 0 Å². The molecule has 0 N–H and O–H groups in total. The van der Waals surface area contributed by atoms with Crippen LogP contribution in [0.3, 0.4) is 0 Å². The summed E-state index contributed by atoms with van der Waals surface area (Å²) in [5.41, 5.74) is 4.42.